The normalized spacial score (nSPS) is 10.5. The van der Waals surface area contributed by atoms with Crippen LogP contribution in [0.2, 0.25) is 0 Å². The Morgan fingerprint density at radius 3 is 2.89 bits per heavy atom. The number of hydrogen-bond acceptors (Lipinski definition) is 3. The molecule has 19 heavy (non-hydrogen) atoms. The Labute approximate surface area is 109 Å². The lowest BCUT2D eigenvalue weighted by molar-refractivity contribution is 0.103. The predicted octanol–water partition coefficient (Wildman–Crippen LogP) is 3.17. The van der Waals surface area contributed by atoms with Crippen molar-refractivity contribution in [2.75, 3.05) is 0 Å². The first-order valence-electron chi connectivity index (χ1n) is 5.80. The molecule has 0 bridgehead atoms. The molecule has 0 radical (unpaired) electrons. The van der Waals surface area contributed by atoms with Crippen LogP contribution in [0.3, 0.4) is 0 Å². The Balaban J connectivity index is 2.11. The Kier molecular flexibility index (Phi) is 2.46. The van der Waals surface area contributed by atoms with Crippen molar-refractivity contribution in [1.82, 2.24) is 4.98 Å². The van der Waals surface area contributed by atoms with E-state index in [2.05, 4.69) is 11.1 Å². The van der Waals surface area contributed by atoms with E-state index in [0.29, 0.717) is 22.5 Å². The number of nitriles is 1. The summed E-state index contributed by atoms with van der Waals surface area (Å²) in [5.74, 6) is 0.614. The van der Waals surface area contributed by atoms with Gasteiger partial charge in [-0.3, -0.25) is 4.79 Å². The molecule has 4 heteroatoms. The molecule has 0 amide bonds. The van der Waals surface area contributed by atoms with Gasteiger partial charge in [0.2, 0.25) is 0 Å². The van der Waals surface area contributed by atoms with Crippen molar-refractivity contribution in [3.63, 3.8) is 0 Å². The highest BCUT2D eigenvalue weighted by Crippen LogP contribution is 2.23. The fraction of sp³-hybridized carbons (Fsp3) is 0.0667. The van der Waals surface area contributed by atoms with Gasteiger partial charge < -0.3 is 9.40 Å². The number of ketones is 1. The lowest BCUT2D eigenvalue weighted by atomic mass is 10.0. The first-order valence-corrected chi connectivity index (χ1v) is 5.80. The number of fused-ring (bicyclic) bond motifs is 1. The summed E-state index contributed by atoms with van der Waals surface area (Å²) in [6.45, 7) is 1.80. The molecule has 0 aliphatic carbocycles. The largest absolute Gasteiger partial charge is 0.469 e. The van der Waals surface area contributed by atoms with Gasteiger partial charge in [0.15, 0.2) is 5.78 Å². The second-order valence-corrected chi connectivity index (χ2v) is 4.35. The van der Waals surface area contributed by atoms with Crippen molar-refractivity contribution in [2.24, 2.45) is 0 Å². The van der Waals surface area contributed by atoms with Crippen molar-refractivity contribution < 1.29 is 9.21 Å². The van der Waals surface area contributed by atoms with Gasteiger partial charge in [-0.2, -0.15) is 5.26 Å². The predicted molar refractivity (Wildman–Crippen MR) is 69.9 cm³/mol. The number of carbonyl (C=O) groups excluding carboxylic acids is 1. The molecule has 3 aromatic rings. The first kappa shape index (κ1) is 11.3. The Morgan fingerprint density at radius 1 is 1.37 bits per heavy atom. The summed E-state index contributed by atoms with van der Waals surface area (Å²) in [6.07, 6.45) is 3.12. The van der Waals surface area contributed by atoms with Crippen LogP contribution in [-0.2, 0) is 0 Å². The molecule has 0 spiro atoms. The van der Waals surface area contributed by atoms with Crippen molar-refractivity contribution in [2.45, 2.75) is 6.92 Å². The molecule has 2 aromatic heterocycles. The van der Waals surface area contributed by atoms with Crippen LogP contribution < -0.4 is 0 Å². The van der Waals surface area contributed by atoms with E-state index in [-0.39, 0.29) is 5.78 Å². The monoisotopic (exact) mass is 250 g/mol. The van der Waals surface area contributed by atoms with E-state index < -0.39 is 0 Å². The lowest BCUT2D eigenvalue weighted by Gasteiger charge is -1.96. The molecule has 2 heterocycles. The molecular weight excluding hydrogens is 240 g/mol. The zero-order chi connectivity index (χ0) is 13.4. The zero-order valence-electron chi connectivity index (χ0n) is 10.2. The molecule has 0 unspecified atom stereocenters. The van der Waals surface area contributed by atoms with Gasteiger partial charge >= 0.3 is 0 Å². The maximum Gasteiger partial charge on any atom is 0.198 e. The third kappa shape index (κ3) is 1.81. The number of benzene rings is 1. The van der Waals surface area contributed by atoms with Gasteiger partial charge in [-0.05, 0) is 25.1 Å². The van der Waals surface area contributed by atoms with Crippen LogP contribution in [-0.4, -0.2) is 10.8 Å². The minimum absolute atomic E-state index is 0.0900. The number of aromatic amines is 1. The quantitative estimate of drug-likeness (QED) is 0.710. The van der Waals surface area contributed by atoms with Crippen LogP contribution in [0.1, 0.15) is 27.2 Å². The summed E-state index contributed by atoms with van der Waals surface area (Å²) in [4.78, 5) is 15.4. The van der Waals surface area contributed by atoms with Gasteiger partial charge in [-0.15, -0.1) is 0 Å². The second-order valence-electron chi connectivity index (χ2n) is 4.35. The molecule has 92 valence electrons. The number of aromatic nitrogens is 1. The molecule has 0 fully saturated rings. The van der Waals surface area contributed by atoms with E-state index in [9.17, 15) is 4.79 Å². The van der Waals surface area contributed by atoms with Crippen LogP contribution >= 0.6 is 0 Å². The molecule has 0 atom stereocenters. The molecule has 1 N–H and O–H groups in total. The van der Waals surface area contributed by atoms with Gasteiger partial charge in [0.1, 0.15) is 12.0 Å². The standard InChI is InChI=1S/C15H10N2O2/c1-9-4-11(8-19-9)15(18)13-7-17-14-5-10(6-16)2-3-12(13)14/h2-5,7-8,17H,1H3. The molecule has 3 rings (SSSR count). The van der Waals surface area contributed by atoms with E-state index in [1.54, 1.807) is 37.4 Å². The van der Waals surface area contributed by atoms with E-state index in [4.69, 9.17) is 9.68 Å². The fourth-order valence-corrected chi connectivity index (χ4v) is 2.10. The van der Waals surface area contributed by atoms with Crippen LogP contribution in [0.4, 0.5) is 0 Å². The number of furan rings is 1. The van der Waals surface area contributed by atoms with Crippen molar-refractivity contribution in [3.05, 3.63) is 59.2 Å². The molecule has 0 aliphatic rings. The lowest BCUT2D eigenvalue weighted by Crippen LogP contribution is -1.98. The third-order valence-electron chi connectivity index (χ3n) is 3.05. The average molecular weight is 250 g/mol. The van der Waals surface area contributed by atoms with Crippen LogP contribution in [0.5, 0.6) is 0 Å². The van der Waals surface area contributed by atoms with Gasteiger partial charge in [-0.25, -0.2) is 0 Å². The number of carbonyl (C=O) groups is 1. The maximum atomic E-state index is 12.3. The number of aryl methyl sites for hydroxylation is 1. The van der Waals surface area contributed by atoms with Crippen LogP contribution in [0.15, 0.2) is 41.1 Å². The minimum atomic E-state index is -0.0900. The smallest absolute Gasteiger partial charge is 0.198 e. The van der Waals surface area contributed by atoms with E-state index >= 15 is 0 Å². The highest BCUT2D eigenvalue weighted by Gasteiger charge is 2.16. The summed E-state index contributed by atoms with van der Waals surface area (Å²) < 4.78 is 5.16. The number of H-pyrrole nitrogens is 1. The molecule has 4 nitrogen and oxygen atoms in total. The topological polar surface area (TPSA) is 69.8 Å². The van der Waals surface area contributed by atoms with Crippen LogP contribution in [0, 0.1) is 18.3 Å². The summed E-state index contributed by atoms with van der Waals surface area (Å²) >= 11 is 0. The van der Waals surface area contributed by atoms with Gasteiger partial charge in [-0.1, -0.05) is 6.07 Å². The average Bonchev–Trinajstić information content (AvgIpc) is 3.03. The van der Waals surface area contributed by atoms with Gasteiger partial charge in [0.25, 0.3) is 0 Å². The molecule has 0 aliphatic heterocycles. The Morgan fingerprint density at radius 2 is 2.21 bits per heavy atom. The maximum absolute atomic E-state index is 12.3. The SMILES string of the molecule is Cc1cc(C(=O)c2c[nH]c3cc(C#N)ccc23)co1. The number of hydrogen-bond donors (Lipinski definition) is 1. The molecule has 1 aromatic carbocycles. The van der Waals surface area contributed by atoms with E-state index in [1.165, 1.54) is 6.26 Å². The summed E-state index contributed by atoms with van der Waals surface area (Å²) in [7, 11) is 0. The second kappa shape index (κ2) is 4.14. The third-order valence-corrected chi connectivity index (χ3v) is 3.05. The highest BCUT2D eigenvalue weighted by atomic mass is 16.3. The number of nitrogens with zero attached hydrogens (tertiary/aromatic N) is 1. The van der Waals surface area contributed by atoms with Crippen molar-refractivity contribution >= 4 is 16.7 Å². The summed E-state index contributed by atoms with van der Waals surface area (Å²) in [5, 5.41) is 9.66. The van der Waals surface area contributed by atoms with Crippen molar-refractivity contribution in [1.29, 1.82) is 5.26 Å². The number of rotatable bonds is 2. The van der Waals surface area contributed by atoms with Gasteiger partial charge in [0, 0.05) is 22.7 Å². The van der Waals surface area contributed by atoms with Crippen LogP contribution in [0.25, 0.3) is 10.9 Å². The van der Waals surface area contributed by atoms with Crippen molar-refractivity contribution in [3.8, 4) is 6.07 Å². The summed E-state index contributed by atoms with van der Waals surface area (Å²) in [6, 6.07) is 9.00. The zero-order valence-corrected chi connectivity index (χ0v) is 10.2. The molecule has 0 saturated carbocycles. The fourth-order valence-electron chi connectivity index (χ4n) is 2.10. The number of nitrogens with one attached hydrogen (secondary N) is 1. The minimum Gasteiger partial charge on any atom is -0.469 e. The molecule has 0 saturated heterocycles. The Bertz CT molecular complexity index is 818. The van der Waals surface area contributed by atoms with Gasteiger partial charge in [0.05, 0.1) is 17.2 Å². The van der Waals surface area contributed by atoms with E-state index in [0.717, 1.165) is 10.9 Å². The summed E-state index contributed by atoms with van der Waals surface area (Å²) in [5.41, 5.74) is 2.46. The molecular formula is C15H10N2O2. The highest BCUT2D eigenvalue weighted by molar-refractivity contribution is 6.16. The van der Waals surface area contributed by atoms with E-state index in [1.807, 2.05) is 0 Å². The first-order chi connectivity index (χ1) is 9.19. The Hall–Kier alpha value is -2.80.